The Hall–Kier alpha value is -3.22. The summed E-state index contributed by atoms with van der Waals surface area (Å²) >= 11 is 0. The highest BCUT2D eigenvalue weighted by atomic mass is 16.5. The van der Waals surface area contributed by atoms with Gasteiger partial charge in [-0.1, -0.05) is 12.1 Å². The SMILES string of the molecule is COC(=O)N/N=C/c1ccccc1OCCOc1ccc(OC)cc1. The van der Waals surface area contributed by atoms with Gasteiger partial charge in [-0.2, -0.15) is 5.10 Å². The van der Waals surface area contributed by atoms with Gasteiger partial charge in [-0.15, -0.1) is 0 Å². The monoisotopic (exact) mass is 344 g/mol. The summed E-state index contributed by atoms with van der Waals surface area (Å²) in [5.41, 5.74) is 2.95. The van der Waals surface area contributed by atoms with Gasteiger partial charge in [0.05, 0.1) is 20.4 Å². The van der Waals surface area contributed by atoms with Gasteiger partial charge in [0.2, 0.25) is 0 Å². The highest BCUT2D eigenvalue weighted by Gasteiger charge is 2.02. The molecule has 0 aliphatic heterocycles. The third-order valence-electron chi connectivity index (χ3n) is 3.13. The van der Waals surface area contributed by atoms with Crippen molar-refractivity contribution in [1.82, 2.24) is 5.43 Å². The quantitative estimate of drug-likeness (QED) is 0.453. The van der Waals surface area contributed by atoms with Crippen molar-refractivity contribution in [2.75, 3.05) is 27.4 Å². The van der Waals surface area contributed by atoms with E-state index in [-0.39, 0.29) is 0 Å². The van der Waals surface area contributed by atoms with Crippen LogP contribution in [0.4, 0.5) is 4.79 Å². The van der Waals surface area contributed by atoms with Crippen molar-refractivity contribution in [3.8, 4) is 17.2 Å². The zero-order valence-corrected chi connectivity index (χ0v) is 14.1. The van der Waals surface area contributed by atoms with Crippen molar-refractivity contribution < 1.29 is 23.7 Å². The summed E-state index contributed by atoms with van der Waals surface area (Å²) in [6.07, 6.45) is 0.846. The molecule has 132 valence electrons. The Bertz CT molecular complexity index is 701. The predicted octanol–water partition coefficient (Wildman–Crippen LogP) is 2.84. The number of rotatable bonds is 8. The van der Waals surface area contributed by atoms with E-state index in [2.05, 4.69) is 15.3 Å². The number of nitrogens with one attached hydrogen (secondary N) is 1. The van der Waals surface area contributed by atoms with Gasteiger partial charge in [0, 0.05) is 5.56 Å². The van der Waals surface area contributed by atoms with Crippen molar-refractivity contribution in [2.45, 2.75) is 0 Å². The molecule has 0 bridgehead atoms. The van der Waals surface area contributed by atoms with Crippen LogP contribution in [-0.2, 0) is 4.74 Å². The van der Waals surface area contributed by atoms with E-state index in [1.165, 1.54) is 13.3 Å². The van der Waals surface area contributed by atoms with Crippen LogP contribution in [0.5, 0.6) is 17.2 Å². The summed E-state index contributed by atoms with van der Waals surface area (Å²) in [5, 5.41) is 3.79. The minimum Gasteiger partial charge on any atom is -0.497 e. The van der Waals surface area contributed by atoms with E-state index in [0.29, 0.717) is 19.0 Å². The Morgan fingerprint density at radius 3 is 2.40 bits per heavy atom. The molecule has 0 fully saturated rings. The number of methoxy groups -OCH3 is 2. The van der Waals surface area contributed by atoms with E-state index in [0.717, 1.165) is 17.1 Å². The van der Waals surface area contributed by atoms with Crippen LogP contribution >= 0.6 is 0 Å². The van der Waals surface area contributed by atoms with Crippen molar-refractivity contribution in [3.05, 3.63) is 54.1 Å². The molecule has 1 N–H and O–H groups in total. The number of para-hydroxylation sites is 1. The van der Waals surface area contributed by atoms with Crippen molar-refractivity contribution in [2.24, 2.45) is 5.10 Å². The molecule has 2 aromatic rings. The Morgan fingerprint density at radius 1 is 1.00 bits per heavy atom. The third kappa shape index (κ3) is 6.06. The molecule has 1 amide bonds. The van der Waals surface area contributed by atoms with Gasteiger partial charge in [-0.05, 0) is 36.4 Å². The Kier molecular flexibility index (Phi) is 7.12. The molecule has 2 aromatic carbocycles. The van der Waals surface area contributed by atoms with E-state index >= 15 is 0 Å². The molecule has 0 radical (unpaired) electrons. The van der Waals surface area contributed by atoms with Gasteiger partial charge >= 0.3 is 6.09 Å². The smallest absolute Gasteiger partial charge is 0.427 e. The van der Waals surface area contributed by atoms with E-state index in [1.54, 1.807) is 7.11 Å². The van der Waals surface area contributed by atoms with E-state index < -0.39 is 6.09 Å². The average Bonchev–Trinajstić information content (AvgIpc) is 2.66. The molecule has 0 unspecified atom stereocenters. The van der Waals surface area contributed by atoms with Gasteiger partial charge in [0.15, 0.2) is 0 Å². The molecule has 0 saturated heterocycles. The van der Waals surface area contributed by atoms with Crippen LogP contribution in [0, 0.1) is 0 Å². The first kappa shape index (κ1) is 18.1. The molecular weight excluding hydrogens is 324 g/mol. The van der Waals surface area contributed by atoms with Gasteiger partial charge in [0.25, 0.3) is 0 Å². The van der Waals surface area contributed by atoms with Gasteiger partial charge in [-0.3, -0.25) is 0 Å². The van der Waals surface area contributed by atoms with E-state index in [4.69, 9.17) is 14.2 Å². The lowest BCUT2D eigenvalue weighted by atomic mass is 10.2. The summed E-state index contributed by atoms with van der Waals surface area (Å²) < 4.78 is 20.8. The van der Waals surface area contributed by atoms with Crippen LogP contribution in [0.3, 0.4) is 0 Å². The lowest BCUT2D eigenvalue weighted by Crippen LogP contribution is -2.17. The second-order valence-corrected chi connectivity index (χ2v) is 4.77. The van der Waals surface area contributed by atoms with Gasteiger partial charge in [0.1, 0.15) is 30.5 Å². The fourth-order valence-corrected chi connectivity index (χ4v) is 1.90. The zero-order valence-electron chi connectivity index (χ0n) is 14.1. The Labute approximate surface area is 146 Å². The maximum atomic E-state index is 11.0. The number of hydrogen-bond acceptors (Lipinski definition) is 6. The second-order valence-electron chi connectivity index (χ2n) is 4.77. The molecule has 7 nitrogen and oxygen atoms in total. The first-order valence-electron chi connectivity index (χ1n) is 7.58. The summed E-state index contributed by atoms with van der Waals surface area (Å²) in [5.74, 6) is 2.15. The molecule has 0 aliphatic rings. The fourth-order valence-electron chi connectivity index (χ4n) is 1.90. The minimum absolute atomic E-state index is 0.362. The molecule has 7 heteroatoms. The number of benzene rings is 2. The largest absolute Gasteiger partial charge is 0.497 e. The standard InChI is InChI=1S/C18H20N2O5/c1-22-15-7-9-16(10-8-15)24-11-12-25-17-6-4-3-5-14(17)13-19-20-18(21)23-2/h3-10,13H,11-12H2,1-2H3,(H,20,21)/b19-13+. The molecule has 0 aliphatic carbocycles. The van der Waals surface area contributed by atoms with Crippen LogP contribution in [0.25, 0.3) is 0 Å². The van der Waals surface area contributed by atoms with Crippen LogP contribution in [-0.4, -0.2) is 39.7 Å². The zero-order chi connectivity index (χ0) is 17.9. The number of ether oxygens (including phenoxy) is 4. The minimum atomic E-state index is -0.637. The number of hydrogen-bond donors (Lipinski definition) is 1. The van der Waals surface area contributed by atoms with E-state index in [9.17, 15) is 4.79 Å². The topological polar surface area (TPSA) is 78.4 Å². The molecule has 2 rings (SSSR count). The normalized spacial score (nSPS) is 10.3. The summed E-state index contributed by atoms with van der Waals surface area (Å²) in [4.78, 5) is 11.0. The van der Waals surface area contributed by atoms with E-state index in [1.807, 2.05) is 48.5 Å². The van der Waals surface area contributed by atoms with Crippen LogP contribution < -0.4 is 19.6 Å². The molecule has 0 heterocycles. The molecule has 0 atom stereocenters. The predicted molar refractivity (Wildman–Crippen MR) is 93.6 cm³/mol. The van der Waals surface area contributed by atoms with Crippen LogP contribution in [0.2, 0.25) is 0 Å². The van der Waals surface area contributed by atoms with Crippen LogP contribution in [0.15, 0.2) is 53.6 Å². The number of carbonyl (C=O) groups is 1. The summed E-state index contributed by atoms with van der Waals surface area (Å²) in [6.45, 7) is 0.750. The lowest BCUT2D eigenvalue weighted by Gasteiger charge is -2.10. The summed E-state index contributed by atoms with van der Waals surface area (Å²) in [6, 6.07) is 14.7. The van der Waals surface area contributed by atoms with Crippen molar-refractivity contribution in [3.63, 3.8) is 0 Å². The highest BCUT2D eigenvalue weighted by molar-refractivity contribution is 5.84. The molecular formula is C18H20N2O5. The Balaban J connectivity index is 1.82. The third-order valence-corrected chi connectivity index (χ3v) is 3.13. The number of nitrogens with zero attached hydrogens (tertiary/aromatic N) is 1. The Morgan fingerprint density at radius 2 is 1.68 bits per heavy atom. The molecule has 25 heavy (non-hydrogen) atoms. The highest BCUT2D eigenvalue weighted by Crippen LogP contribution is 2.18. The lowest BCUT2D eigenvalue weighted by molar-refractivity contribution is 0.171. The van der Waals surface area contributed by atoms with Crippen molar-refractivity contribution >= 4 is 12.3 Å². The second kappa shape index (κ2) is 9.82. The van der Waals surface area contributed by atoms with Crippen LogP contribution in [0.1, 0.15) is 5.56 Å². The number of carbonyl (C=O) groups excluding carboxylic acids is 1. The summed E-state index contributed by atoms with van der Waals surface area (Å²) in [7, 11) is 2.88. The number of amides is 1. The average molecular weight is 344 g/mol. The van der Waals surface area contributed by atoms with Gasteiger partial charge < -0.3 is 18.9 Å². The van der Waals surface area contributed by atoms with Crippen molar-refractivity contribution in [1.29, 1.82) is 0 Å². The first-order chi connectivity index (χ1) is 12.2. The first-order valence-corrected chi connectivity index (χ1v) is 7.58. The number of hydrazone groups is 1. The molecule has 0 aromatic heterocycles. The molecule has 0 spiro atoms. The molecule has 0 saturated carbocycles. The maximum absolute atomic E-state index is 11.0. The van der Waals surface area contributed by atoms with Gasteiger partial charge in [-0.25, -0.2) is 10.2 Å². The maximum Gasteiger partial charge on any atom is 0.427 e. The fraction of sp³-hybridized carbons (Fsp3) is 0.222.